The molecule has 3 rings (SSSR count). The van der Waals surface area contributed by atoms with E-state index < -0.39 is 16.4 Å². The van der Waals surface area contributed by atoms with E-state index in [1.54, 1.807) is 16.7 Å². The highest BCUT2D eigenvalue weighted by Gasteiger charge is 2.76. The fourth-order valence-electron chi connectivity index (χ4n) is 4.28. The molecule has 0 radical (unpaired) electrons. The molecule has 0 aromatic rings. The maximum Gasteiger partial charge on any atom is 0.409 e. The number of piperazine rings is 1. The van der Waals surface area contributed by atoms with Crippen molar-refractivity contribution in [3.05, 3.63) is 0 Å². The summed E-state index contributed by atoms with van der Waals surface area (Å²) in [6.45, 7) is 9.66. The summed E-state index contributed by atoms with van der Waals surface area (Å²) < 4.78 is 10.7. The molecule has 2 atom stereocenters. The van der Waals surface area contributed by atoms with Crippen LogP contribution < -0.4 is 0 Å². The van der Waals surface area contributed by atoms with Crippen LogP contribution in [0.1, 0.15) is 40.5 Å². The molecule has 0 spiro atoms. The number of nitrogens with zero attached hydrogens (tertiary/aromatic N) is 2. The van der Waals surface area contributed by atoms with Gasteiger partial charge >= 0.3 is 12.1 Å². The quantitative estimate of drug-likeness (QED) is 0.712. The Kier molecular flexibility index (Phi) is 3.81. The third-order valence-corrected chi connectivity index (χ3v) is 6.52. The summed E-state index contributed by atoms with van der Waals surface area (Å²) in [6, 6.07) is 0. The molecule has 1 aliphatic carbocycles. The number of fused-ring (bicyclic) bond motifs is 2. The van der Waals surface area contributed by atoms with Gasteiger partial charge in [0.1, 0.15) is 0 Å². The van der Waals surface area contributed by atoms with E-state index in [9.17, 15) is 14.4 Å². The van der Waals surface area contributed by atoms with Crippen LogP contribution in [0.5, 0.6) is 0 Å². The zero-order chi connectivity index (χ0) is 17.8. The predicted molar refractivity (Wildman–Crippen MR) is 85.1 cm³/mol. The minimum Gasteiger partial charge on any atom is -0.450 e. The van der Waals surface area contributed by atoms with E-state index in [2.05, 4.69) is 0 Å². The number of hydrogen-bond acceptors (Lipinski definition) is 5. The molecule has 3 aliphatic rings. The van der Waals surface area contributed by atoms with Crippen LogP contribution in [-0.4, -0.2) is 66.2 Å². The van der Waals surface area contributed by atoms with Crippen molar-refractivity contribution < 1.29 is 23.9 Å². The number of rotatable bonds is 2. The van der Waals surface area contributed by atoms with Crippen molar-refractivity contribution in [1.29, 1.82) is 0 Å². The molecule has 0 unspecified atom stereocenters. The Morgan fingerprint density at radius 3 is 2.12 bits per heavy atom. The van der Waals surface area contributed by atoms with E-state index in [4.69, 9.17) is 9.47 Å². The van der Waals surface area contributed by atoms with Crippen molar-refractivity contribution in [1.82, 2.24) is 9.80 Å². The number of amides is 2. The van der Waals surface area contributed by atoms with E-state index in [-0.39, 0.29) is 18.0 Å². The van der Waals surface area contributed by atoms with Gasteiger partial charge in [0.15, 0.2) is 5.60 Å². The molecule has 2 saturated heterocycles. The Hall–Kier alpha value is -1.79. The molecule has 134 valence electrons. The lowest BCUT2D eigenvalue weighted by molar-refractivity contribution is -0.174. The molecular formula is C17H26N2O5. The van der Waals surface area contributed by atoms with Crippen LogP contribution in [0.25, 0.3) is 0 Å². The lowest BCUT2D eigenvalue weighted by Gasteiger charge is -2.41. The van der Waals surface area contributed by atoms with Crippen molar-refractivity contribution >= 4 is 18.0 Å². The molecule has 0 N–H and O–H groups in total. The average Bonchev–Trinajstić information content (AvgIpc) is 2.85. The Labute approximate surface area is 142 Å². The van der Waals surface area contributed by atoms with E-state index in [0.717, 1.165) is 0 Å². The predicted octanol–water partition coefficient (Wildman–Crippen LogP) is 1.41. The first-order valence-corrected chi connectivity index (χ1v) is 8.64. The minimum atomic E-state index is -1.06. The van der Waals surface area contributed by atoms with Gasteiger partial charge in [0.25, 0.3) is 5.91 Å². The summed E-state index contributed by atoms with van der Waals surface area (Å²) >= 11 is 0. The molecule has 24 heavy (non-hydrogen) atoms. The molecule has 0 aromatic heterocycles. The summed E-state index contributed by atoms with van der Waals surface area (Å²) in [6.07, 6.45) is 0.899. The third-order valence-electron chi connectivity index (χ3n) is 6.52. The summed E-state index contributed by atoms with van der Waals surface area (Å²) in [5.41, 5.74) is -2.20. The largest absolute Gasteiger partial charge is 0.450 e. The number of esters is 1. The topological polar surface area (TPSA) is 76.2 Å². The SMILES string of the molecule is CCOC(=O)N1CCN(C(=O)[C@@]23CC[C@@](C)(C(=O)O2)C3(C)C)CC1. The highest BCUT2D eigenvalue weighted by Crippen LogP contribution is 2.65. The summed E-state index contributed by atoms with van der Waals surface area (Å²) in [5, 5.41) is 0. The fourth-order valence-corrected chi connectivity index (χ4v) is 4.28. The molecule has 7 nitrogen and oxygen atoms in total. The van der Waals surface area contributed by atoms with Crippen LogP contribution in [-0.2, 0) is 19.1 Å². The first-order chi connectivity index (χ1) is 11.2. The maximum atomic E-state index is 13.2. The molecule has 2 heterocycles. The van der Waals surface area contributed by atoms with Crippen molar-refractivity contribution in [3.8, 4) is 0 Å². The van der Waals surface area contributed by atoms with Gasteiger partial charge in [0.2, 0.25) is 0 Å². The zero-order valence-corrected chi connectivity index (χ0v) is 14.9. The molecule has 0 aromatic carbocycles. The van der Waals surface area contributed by atoms with Gasteiger partial charge < -0.3 is 19.3 Å². The fraction of sp³-hybridized carbons (Fsp3) is 0.824. The van der Waals surface area contributed by atoms with Gasteiger partial charge in [-0.25, -0.2) is 4.79 Å². The van der Waals surface area contributed by atoms with Crippen LogP contribution in [0.15, 0.2) is 0 Å². The number of hydrogen-bond donors (Lipinski definition) is 0. The Balaban J connectivity index is 1.73. The highest BCUT2D eigenvalue weighted by atomic mass is 16.6. The monoisotopic (exact) mass is 338 g/mol. The molecular weight excluding hydrogens is 312 g/mol. The maximum absolute atomic E-state index is 13.2. The lowest BCUT2D eigenvalue weighted by atomic mass is 9.66. The van der Waals surface area contributed by atoms with Gasteiger partial charge in [-0.15, -0.1) is 0 Å². The second kappa shape index (κ2) is 5.36. The number of carbonyl (C=O) groups excluding carboxylic acids is 3. The number of carbonyl (C=O) groups is 3. The van der Waals surface area contributed by atoms with Gasteiger partial charge in [-0.2, -0.15) is 0 Å². The second-order valence-electron chi connectivity index (χ2n) is 7.65. The van der Waals surface area contributed by atoms with Crippen molar-refractivity contribution in [2.75, 3.05) is 32.8 Å². The standard InChI is InChI=1S/C17H26N2O5/c1-5-23-14(22)19-10-8-18(9-11-19)12(20)17-7-6-16(4,13(21)24-17)15(17,2)3/h5-11H2,1-4H3/t16-,17+/m0/s1. The van der Waals surface area contributed by atoms with Gasteiger partial charge in [0, 0.05) is 31.6 Å². The van der Waals surface area contributed by atoms with Gasteiger partial charge in [0.05, 0.1) is 12.0 Å². The molecule has 2 amide bonds. The van der Waals surface area contributed by atoms with E-state index in [1.165, 1.54) is 0 Å². The Morgan fingerprint density at radius 2 is 1.67 bits per heavy atom. The molecule has 3 fully saturated rings. The summed E-state index contributed by atoms with van der Waals surface area (Å²) in [5.74, 6) is -0.386. The smallest absolute Gasteiger partial charge is 0.409 e. The van der Waals surface area contributed by atoms with Crippen molar-refractivity contribution in [2.24, 2.45) is 10.8 Å². The van der Waals surface area contributed by atoms with Crippen molar-refractivity contribution in [2.45, 2.75) is 46.1 Å². The van der Waals surface area contributed by atoms with E-state index >= 15 is 0 Å². The summed E-state index contributed by atoms with van der Waals surface area (Å²) in [4.78, 5) is 40.6. The van der Waals surface area contributed by atoms with Gasteiger partial charge in [-0.05, 0) is 26.7 Å². The average molecular weight is 338 g/mol. The summed E-state index contributed by atoms with van der Waals surface area (Å²) in [7, 11) is 0. The first kappa shape index (κ1) is 17.0. The molecule has 2 aliphatic heterocycles. The van der Waals surface area contributed by atoms with Crippen LogP contribution in [0.3, 0.4) is 0 Å². The number of ether oxygens (including phenoxy) is 2. The highest BCUT2D eigenvalue weighted by molar-refractivity contribution is 5.96. The van der Waals surface area contributed by atoms with E-state index in [1.807, 2.05) is 20.8 Å². The van der Waals surface area contributed by atoms with Crippen LogP contribution in [0.2, 0.25) is 0 Å². The third kappa shape index (κ3) is 1.99. The lowest BCUT2D eigenvalue weighted by Crippen LogP contribution is -2.59. The minimum absolute atomic E-state index is 0.120. The first-order valence-electron chi connectivity index (χ1n) is 8.64. The van der Waals surface area contributed by atoms with Crippen molar-refractivity contribution in [3.63, 3.8) is 0 Å². The van der Waals surface area contributed by atoms with Crippen LogP contribution in [0, 0.1) is 10.8 Å². The normalized spacial score (nSPS) is 34.2. The molecule has 7 heteroatoms. The van der Waals surface area contributed by atoms with Crippen LogP contribution >= 0.6 is 0 Å². The second-order valence-corrected chi connectivity index (χ2v) is 7.65. The van der Waals surface area contributed by atoms with Gasteiger partial charge in [-0.1, -0.05) is 13.8 Å². The Morgan fingerprint density at radius 1 is 1.08 bits per heavy atom. The van der Waals surface area contributed by atoms with Gasteiger partial charge in [-0.3, -0.25) is 9.59 Å². The Bertz CT molecular complexity index is 582. The molecule has 2 bridgehead atoms. The van der Waals surface area contributed by atoms with E-state index in [0.29, 0.717) is 45.6 Å². The molecule has 1 saturated carbocycles. The zero-order valence-electron chi connectivity index (χ0n) is 14.9. The van der Waals surface area contributed by atoms with Crippen LogP contribution in [0.4, 0.5) is 4.79 Å².